The number of carboxylic acids is 1. The summed E-state index contributed by atoms with van der Waals surface area (Å²) in [5, 5.41) is 11.8. The lowest BCUT2D eigenvalue weighted by atomic mass is 9.87. The van der Waals surface area contributed by atoms with Crippen LogP contribution in [-0.2, 0) is 14.3 Å². The van der Waals surface area contributed by atoms with Crippen LogP contribution in [0.1, 0.15) is 33.6 Å². The van der Waals surface area contributed by atoms with Gasteiger partial charge in [-0.15, -0.1) is 0 Å². The van der Waals surface area contributed by atoms with Crippen molar-refractivity contribution in [2.75, 3.05) is 13.2 Å². The van der Waals surface area contributed by atoms with Crippen LogP contribution in [0, 0.1) is 11.3 Å². The topological polar surface area (TPSA) is 75.6 Å². The van der Waals surface area contributed by atoms with Crippen LogP contribution in [0.5, 0.6) is 0 Å². The molecule has 1 heterocycles. The molecule has 1 saturated heterocycles. The predicted molar refractivity (Wildman–Crippen MR) is 62.6 cm³/mol. The Balaban J connectivity index is 2.50. The number of hydrogen-bond acceptors (Lipinski definition) is 3. The Morgan fingerprint density at radius 1 is 1.53 bits per heavy atom. The molecule has 5 nitrogen and oxygen atoms in total. The predicted octanol–water partition coefficient (Wildman–Crippen LogP) is 1.03. The molecule has 0 aromatic carbocycles. The first kappa shape index (κ1) is 14.0. The first-order chi connectivity index (χ1) is 7.90. The monoisotopic (exact) mass is 243 g/mol. The fourth-order valence-corrected chi connectivity index (χ4v) is 1.77. The largest absolute Gasteiger partial charge is 0.481 e. The quantitative estimate of drug-likeness (QED) is 0.756. The van der Waals surface area contributed by atoms with E-state index in [9.17, 15) is 9.59 Å². The summed E-state index contributed by atoms with van der Waals surface area (Å²) in [7, 11) is 0. The molecule has 2 N–H and O–H groups in total. The van der Waals surface area contributed by atoms with E-state index in [0.29, 0.717) is 13.0 Å². The van der Waals surface area contributed by atoms with Crippen molar-refractivity contribution in [2.45, 2.75) is 39.7 Å². The van der Waals surface area contributed by atoms with Gasteiger partial charge in [0.1, 0.15) is 6.10 Å². The van der Waals surface area contributed by atoms with E-state index in [2.05, 4.69) is 5.32 Å². The smallest absolute Gasteiger partial charge is 0.311 e. The van der Waals surface area contributed by atoms with Crippen molar-refractivity contribution in [3.05, 3.63) is 0 Å². The second-order valence-corrected chi connectivity index (χ2v) is 4.99. The molecule has 0 spiro atoms. The minimum Gasteiger partial charge on any atom is -0.481 e. The van der Waals surface area contributed by atoms with Crippen LogP contribution in [-0.4, -0.2) is 36.2 Å². The summed E-state index contributed by atoms with van der Waals surface area (Å²) in [4.78, 5) is 22.9. The van der Waals surface area contributed by atoms with Crippen LogP contribution in [0.3, 0.4) is 0 Å². The fourth-order valence-electron chi connectivity index (χ4n) is 1.77. The minimum atomic E-state index is -0.905. The second-order valence-electron chi connectivity index (χ2n) is 4.99. The number of carbonyl (C=O) groups is 2. The number of aliphatic carboxylic acids is 1. The maximum absolute atomic E-state index is 11.8. The highest BCUT2D eigenvalue weighted by Crippen LogP contribution is 2.22. The lowest BCUT2D eigenvalue weighted by Gasteiger charge is -2.24. The zero-order valence-corrected chi connectivity index (χ0v) is 10.7. The number of ether oxygens (including phenoxy) is 1. The van der Waals surface area contributed by atoms with Crippen molar-refractivity contribution in [2.24, 2.45) is 11.3 Å². The summed E-state index contributed by atoms with van der Waals surface area (Å²) < 4.78 is 5.33. The molecule has 0 bridgehead atoms. The highest BCUT2D eigenvalue weighted by molar-refractivity contribution is 5.82. The molecule has 3 atom stereocenters. The molecule has 0 aliphatic carbocycles. The summed E-state index contributed by atoms with van der Waals surface area (Å²) in [6, 6.07) is 0. The van der Waals surface area contributed by atoms with Gasteiger partial charge in [0.15, 0.2) is 0 Å². The Hall–Kier alpha value is -1.10. The Kier molecular flexibility index (Phi) is 4.51. The molecule has 1 aliphatic heterocycles. The standard InChI is InChI=1S/C12H21NO4/c1-4-12(3,11(15)16)7-13-10(14)9-8(2)5-6-17-9/h8-9H,4-7H2,1-3H3,(H,13,14)(H,15,16). The van der Waals surface area contributed by atoms with Crippen molar-refractivity contribution in [1.82, 2.24) is 5.32 Å². The lowest BCUT2D eigenvalue weighted by Crippen LogP contribution is -2.45. The van der Waals surface area contributed by atoms with E-state index in [-0.39, 0.29) is 18.4 Å². The summed E-state index contributed by atoms with van der Waals surface area (Å²) in [6.07, 6.45) is 0.927. The van der Waals surface area contributed by atoms with E-state index in [1.165, 1.54) is 0 Å². The van der Waals surface area contributed by atoms with Gasteiger partial charge in [-0.3, -0.25) is 9.59 Å². The molecule has 3 unspecified atom stereocenters. The van der Waals surface area contributed by atoms with Gasteiger partial charge in [0.05, 0.1) is 5.41 Å². The highest BCUT2D eigenvalue weighted by Gasteiger charge is 2.35. The van der Waals surface area contributed by atoms with Gasteiger partial charge in [0.2, 0.25) is 5.91 Å². The summed E-state index contributed by atoms with van der Waals surface area (Å²) >= 11 is 0. The van der Waals surface area contributed by atoms with Crippen LogP contribution >= 0.6 is 0 Å². The van der Waals surface area contributed by atoms with Gasteiger partial charge < -0.3 is 15.2 Å². The molecule has 1 aliphatic rings. The third-order valence-corrected chi connectivity index (χ3v) is 3.60. The average Bonchev–Trinajstić information content (AvgIpc) is 2.71. The summed E-state index contributed by atoms with van der Waals surface area (Å²) in [5.41, 5.74) is -0.905. The van der Waals surface area contributed by atoms with E-state index < -0.39 is 17.5 Å². The molecule has 0 aromatic rings. The maximum Gasteiger partial charge on any atom is 0.311 e. The first-order valence-electron chi connectivity index (χ1n) is 6.03. The zero-order valence-electron chi connectivity index (χ0n) is 10.7. The Bertz CT molecular complexity index is 305. The number of carbonyl (C=O) groups excluding carboxylic acids is 1. The Morgan fingerprint density at radius 2 is 2.18 bits per heavy atom. The van der Waals surface area contributed by atoms with Gasteiger partial charge in [0, 0.05) is 13.2 Å². The molecule has 1 amide bonds. The number of carboxylic acid groups (broad SMARTS) is 1. The molecular weight excluding hydrogens is 222 g/mol. The van der Waals surface area contributed by atoms with Gasteiger partial charge in [0.25, 0.3) is 0 Å². The molecule has 0 aromatic heterocycles. The van der Waals surface area contributed by atoms with E-state index in [4.69, 9.17) is 9.84 Å². The van der Waals surface area contributed by atoms with Gasteiger partial charge >= 0.3 is 5.97 Å². The molecule has 0 saturated carbocycles. The van der Waals surface area contributed by atoms with Crippen LogP contribution in [0.2, 0.25) is 0 Å². The lowest BCUT2D eigenvalue weighted by molar-refractivity contribution is -0.148. The molecule has 98 valence electrons. The molecule has 1 rings (SSSR count). The Morgan fingerprint density at radius 3 is 2.59 bits per heavy atom. The van der Waals surface area contributed by atoms with Gasteiger partial charge in [-0.05, 0) is 25.7 Å². The molecule has 5 heteroatoms. The average molecular weight is 243 g/mol. The summed E-state index contributed by atoms with van der Waals surface area (Å²) in [6.45, 7) is 6.14. The van der Waals surface area contributed by atoms with Crippen molar-refractivity contribution in [3.8, 4) is 0 Å². The number of rotatable bonds is 5. The van der Waals surface area contributed by atoms with Crippen LogP contribution < -0.4 is 5.32 Å². The Labute approximate surface area is 102 Å². The second kappa shape index (κ2) is 5.49. The van der Waals surface area contributed by atoms with Crippen molar-refractivity contribution >= 4 is 11.9 Å². The van der Waals surface area contributed by atoms with E-state index >= 15 is 0 Å². The molecule has 17 heavy (non-hydrogen) atoms. The minimum absolute atomic E-state index is 0.143. The van der Waals surface area contributed by atoms with Gasteiger partial charge in [-0.1, -0.05) is 13.8 Å². The summed E-state index contributed by atoms with van der Waals surface area (Å²) in [5.74, 6) is -0.885. The number of hydrogen-bond donors (Lipinski definition) is 2. The number of nitrogens with one attached hydrogen (secondary N) is 1. The third-order valence-electron chi connectivity index (χ3n) is 3.60. The normalized spacial score (nSPS) is 27.5. The van der Waals surface area contributed by atoms with Crippen molar-refractivity contribution in [1.29, 1.82) is 0 Å². The fraction of sp³-hybridized carbons (Fsp3) is 0.833. The zero-order chi connectivity index (χ0) is 13.1. The third kappa shape index (κ3) is 3.19. The van der Waals surface area contributed by atoms with Gasteiger partial charge in [-0.2, -0.15) is 0 Å². The first-order valence-corrected chi connectivity index (χ1v) is 6.03. The van der Waals surface area contributed by atoms with E-state index in [1.54, 1.807) is 13.8 Å². The highest BCUT2D eigenvalue weighted by atomic mass is 16.5. The maximum atomic E-state index is 11.8. The van der Waals surface area contributed by atoms with Crippen molar-refractivity contribution in [3.63, 3.8) is 0 Å². The van der Waals surface area contributed by atoms with Crippen LogP contribution in [0.4, 0.5) is 0 Å². The van der Waals surface area contributed by atoms with Crippen molar-refractivity contribution < 1.29 is 19.4 Å². The molecule has 0 radical (unpaired) electrons. The van der Waals surface area contributed by atoms with E-state index in [0.717, 1.165) is 6.42 Å². The van der Waals surface area contributed by atoms with E-state index in [1.807, 2.05) is 6.92 Å². The molecule has 1 fully saturated rings. The molecular formula is C12H21NO4. The van der Waals surface area contributed by atoms with Crippen LogP contribution in [0.25, 0.3) is 0 Å². The number of amides is 1. The van der Waals surface area contributed by atoms with Gasteiger partial charge in [-0.25, -0.2) is 0 Å². The SMILES string of the molecule is CCC(C)(CNC(=O)C1OCCC1C)C(=O)O. The van der Waals surface area contributed by atoms with Crippen LogP contribution in [0.15, 0.2) is 0 Å².